The Morgan fingerprint density at radius 1 is 1.03 bits per heavy atom. The van der Waals surface area contributed by atoms with E-state index in [0.29, 0.717) is 38.2 Å². The van der Waals surface area contributed by atoms with Gasteiger partial charge in [-0.15, -0.1) is 0 Å². The number of thiocarbonyl (C=S) groups is 1. The lowest BCUT2D eigenvalue weighted by atomic mass is 10.1. The first-order valence-electron chi connectivity index (χ1n) is 10.7. The summed E-state index contributed by atoms with van der Waals surface area (Å²) in [6, 6.07) is 24.5. The molecule has 3 aromatic carbocycles. The van der Waals surface area contributed by atoms with Crippen LogP contribution in [0.15, 0.2) is 90.0 Å². The molecule has 1 aromatic heterocycles. The quantitative estimate of drug-likeness (QED) is 0.243. The Balaban J connectivity index is 1.54. The Kier molecular flexibility index (Phi) is 6.13. The van der Waals surface area contributed by atoms with Crippen molar-refractivity contribution in [1.82, 2.24) is 14.7 Å². The summed E-state index contributed by atoms with van der Waals surface area (Å²) < 4.78 is 16.6. The number of benzene rings is 3. The van der Waals surface area contributed by atoms with Crippen molar-refractivity contribution >= 4 is 40.3 Å². The molecular weight excluding hydrogens is 465 g/mol. The second kappa shape index (κ2) is 9.37. The number of aryl methyl sites for hydroxylation is 1. The molecule has 0 atom stereocenters. The van der Waals surface area contributed by atoms with Crippen LogP contribution >= 0.6 is 24.0 Å². The average Bonchev–Trinajstić information content (AvgIpc) is 3.39. The first kappa shape index (κ1) is 22.3. The molecule has 1 aliphatic heterocycles. The number of thioether (sulfide) groups is 1. The van der Waals surface area contributed by atoms with E-state index in [1.165, 1.54) is 17.8 Å². The predicted molar refractivity (Wildman–Crippen MR) is 139 cm³/mol. The van der Waals surface area contributed by atoms with E-state index < -0.39 is 0 Å². The molecule has 0 saturated carbocycles. The first-order chi connectivity index (χ1) is 16.5. The maximum atomic E-state index is 14.4. The molecule has 1 aliphatic rings. The fourth-order valence-corrected chi connectivity index (χ4v) is 4.96. The smallest absolute Gasteiger partial charge is 0.266 e. The zero-order valence-corrected chi connectivity index (χ0v) is 19.9. The van der Waals surface area contributed by atoms with Gasteiger partial charge in [-0.1, -0.05) is 84.6 Å². The van der Waals surface area contributed by atoms with Gasteiger partial charge in [0.25, 0.3) is 5.91 Å². The minimum absolute atomic E-state index is 0.146. The molecule has 0 bridgehead atoms. The van der Waals surface area contributed by atoms with Gasteiger partial charge in [-0.2, -0.15) is 5.10 Å². The summed E-state index contributed by atoms with van der Waals surface area (Å²) in [7, 11) is 0. The summed E-state index contributed by atoms with van der Waals surface area (Å²) in [5.41, 5.74) is 4.39. The normalized spacial score (nSPS) is 14.9. The number of hydrogen-bond donors (Lipinski definition) is 0. The summed E-state index contributed by atoms with van der Waals surface area (Å²) in [6.45, 7) is 2.14. The van der Waals surface area contributed by atoms with Crippen molar-refractivity contribution in [2.45, 2.75) is 13.5 Å². The maximum Gasteiger partial charge on any atom is 0.266 e. The fourth-order valence-electron chi connectivity index (χ4n) is 3.71. The van der Waals surface area contributed by atoms with E-state index in [2.05, 4.69) is 0 Å². The van der Waals surface area contributed by atoms with Gasteiger partial charge in [-0.05, 0) is 42.3 Å². The number of carbonyl (C=O) groups excluding carboxylic acids is 1. The molecule has 0 spiro atoms. The third-order valence-corrected chi connectivity index (χ3v) is 6.93. The predicted octanol–water partition coefficient (Wildman–Crippen LogP) is 6.39. The molecule has 7 heteroatoms. The number of rotatable bonds is 5. The molecule has 0 unspecified atom stereocenters. The molecule has 0 N–H and O–H groups in total. The Bertz CT molecular complexity index is 1410. The van der Waals surface area contributed by atoms with Crippen molar-refractivity contribution in [2.75, 3.05) is 0 Å². The van der Waals surface area contributed by atoms with Crippen LogP contribution in [0.25, 0.3) is 23.0 Å². The highest BCUT2D eigenvalue weighted by molar-refractivity contribution is 8.26. The van der Waals surface area contributed by atoms with E-state index in [-0.39, 0.29) is 11.7 Å². The minimum atomic E-state index is -0.299. The molecule has 2 heterocycles. The Morgan fingerprint density at radius 2 is 1.74 bits per heavy atom. The van der Waals surface area contributed by atoms with Crippen molar-refractivity contribution in [1.29, 1.82) is 0 Å². The Labute approximate surface area is 206 Å². The van der Waals surface area contributed by atoms with Crippen LogP contribution in [0.1, 0.15) is 16.7 Å². The lowest BCUT2D eigenvalue weighted by Crippen LogP contribution is -2.27. The molecule has 0 radical (unpaired) electrons. The molecule has 5 rings (SSSR count). The lowest BCUT2D eigenvalue weighted by molar-refractivity contribution is -0.122. The SMILES string of the molecule is Cc1ccc(-c2nn(-c3ccccc3)cc2C=C2SC(=S)N(Cc3ccccc3)C2=O)cc1F. The van der Waals surface area contributed by atoms with E-state index in [0.717, 1.165) is 11.3 Å². The van der Waals surface area contributed by atoms with Gasteiger partial charge in [-0.25, -0.2) is 9.07 Å². The second-order valence-corrected chi connectivity index (χ2v) is 9.61. The van der Waals surface area contributed by atoms with Gasteiger partial charge in [0.2, 0.25) is 0 Å². The third kappa shape index (κ3) is 4.44. The van der Waals surface area contributed by atoms with Gasteiger partial charge in [0.15, 0.2) is 0 Å². The molecule has 4 nitrogen and oxygen atoms in total. The Morgan fingerprint density at radius 3 is 2.44 bits per heavy atom. The van der Waals surface area contributed by atoms with Crippen molar-refractivity contribution in [3.05, 3.63) is 112 Å². The van der Waals surface area contributed by atoms with E-state index >= 15 is 0 Å². The molecule has 1 amide bonds. The van der Waals surface area contributed by atoms with Crippen molar-refractivity contribution in [3.63, 3.8) is 0 Å². The van der Waals surface area contributed by atoms with Gasteiger partial charge in [-0.3, -0.25) is 9.69 Å². The van der Waals surface area contributed by atoms with Gasteiger partial charge in [0.1, 0.15) is 15.8 Å². The molecule has 34 heavy (non-hydrogen) atoms. The second-order valence-electron chi connectivity index (χ2n) is 7.93. The summed E-state index contributed by atoms with van der Waals surface area (Å²) in [6.07, 6.45) is 3.65. The lowest BCUT2D eigenvalue weighted by Gasteiger charge is -2.14. The molecule has 0 aliphatic carbocycles. The summed E-state index contributed by atoms with van der Waals surface area (Å²) in [5, 5.41) is 4.73. The third-order valence-electron chi connectivity index (χ3n) is 5.55. The van der Waals surface area contributed by atoms with Crippen molar-refractivity contribution in [3.8, 4) is 16.9 Å². The highest BCUT2D eigenvalue weighted by Crippen LogP contribution is 2.36. The van der Waals surface area contributed by atoms with Crippen LogP contribution in [0, 0.1) is 12.7 Å². The monoisotopic (exact) mass is 485 g/mol. The standard InChI is InChI=1S/C27H20FN3OS2/c1-18-12-13-20(14-23(18)28)25-21(17-31(29-25)22-10-6-3-7-11-22)15-24-26(32)30(27(33)34-24)16-19-8-4-2-5-9-19/h2-15,17H,16H2,1H3. The maximum absolute atomic E-state index is 14.4. The number of halogens is 1. The number of hydrogen-bond acceptors (Lipinski definition) is 4. The largest absolute Gasteiger partial charge is 0.288 e. The number of amides is 1. The van der Waals surface area contributed by atoms with Crippen LogP contribution in [-0.2, 0) is 11.3 Å². The van der Waals surface area contributed by atoms with E-state index in [4.69, 9.17) is 17.3 Å². The summed E-state index contributed by atoms with van der Waals surface area (Å²) in [4.78, 5) is 15.3. The highest BCUT2D eigenvalue weighted by atomic mass is 32.2. The number of aromatic nitrogens is 2. The van der Waals surface area contributed by atoms with Crippen LogP contribution in [0.4, 0.5) is 4.39 Å². The molecule has 168 valence electrons. The van der Waals surface area contributed by atoms with Crippen LogP contribution < -0.4 is 0 Å². The molecule has 1 saturated heterocycles. The van der Waals surface area contributed by atoms with Crippen LogP contribution in [0.5, 0.6) is 0 Å². The van der Waals surface area contributed by atoms with Gasteiger partial charge in [0.05, 0.1) is 17.1 Å². The van der Waals surface area contributed by atoms with Crippen molar-refractivity contribution in [2.24, 2.45) is 0 Å². The fraction of sp³-hybridized carbons (Fsp3) is 0.0741. The van der Waals surface area contributed by atoms with E-state index in [9.17, 15) is 9.18 Å². The zero-order valence-electron chi connectivity index (χ0n) is 18.3. The Hall–Kier alpha value is -3.55. The molecular formula is C27H20FN3OS2. The number of nitrogens with zero attached hydrogens (tertiary/aromatic N) is 3. The van der Waals surface area contributed by atoms with Gasteiger partial charge in [0, 0.05) is 17.3 Å². The summed E-state index contributed by atoms with van der Waals surface area (Å²) in [5.74, 6) is -0.445. The molecule has 1 fully saturated rings. The van der Waals surface area contributed by atoms with Gasteiger partial charge >= 0.3 is 0 Å². The highest BCUT2D eigenvalue weighted by Gasteiger charge is 2.32. The van der Waals surface area contributed by atoms with Crippen LogP contribution in [0.3, 0.4) is 0 Å². The van der Waals surface area contributed by atoms with Gasteiger partial charge < -0.3 is 0 Å². The summed E-state index contributed by atoms with van der Waals surface area (Å²) >= 11 is 6.77. The minimum Gasteiger partial charge on any atom is -0.288 e. The van der Waals surface area contributed by atoms with E-state index in [1.54, 1.807) is 28.6 Å². The average molecular weight is 486 g/mol. The number of carbonyl (C=O) groups is 1. The van der Waals surface area contributed by atoms with Crippen LogP contribution in [-0.4, -0.2) is 24.9 Å². The zero-order chi connectivity index (χ0) is 23.7. The van der Waals surface area contributed by atoms with Crippen molar-refractivity contribution < 1.29 is 9.18 Å². The van der Waals surface area contributed by atoms with E-state index in [1.807, 2.05) is 72.9 Å². The first-order valence-corrected chi connectivity index (χ1v) is 11.9. The molecule has 4 aromatic rings. The van der Waals surface area contributed by atoms with Crippen LogP contribution in [0.2, 0.25) is 0 Å². The number of para-hydroxylation sites is 1. The topological polar surface area (TPSA) is 38.1 Å².